The predicted octanol–water partition coefficient (Wildman–Crippen LogP) is 4.70. The lowest BCUT2D eigenvalue weighted by Crippen LogP contribution is -2.14. The van der Waals surface area contributed by atoms with Crippen molar-refractivity contribution in [3.63, 3.8) is 0 Å². The molecular weight excluding hydrogens is 329 g/mol. The number of aryl methyl sites for hydroxylation is 2. The zero-order valence-electron chi connectivity index (χ0n) is 14.7. The summed E-state index contributed by atoms with van der Waals surface area (Å²) in [5, 5.41) is 6.01. The summed E-state index contributed by atoms with van der Waals surface area (Å²) < 4.78 is 13.7. The van der Waals surface area contributed by atoms with Gasteiger partial charge in [0.15, 0.2) is 0 Å². The van der Waals surface area contributed by atoms with Gasteiger partial charge in [-0.3, -0.25) is 9.78 Å². The van der Waals surface area contributed by atoms with E-state index in [0.29, 0.717) is 23.4 Å². The van der Waals surface area contributed by atoms with Crippen molar-refractivity contribution < 1.29 is 9.18 Å². The first-order valence-electron chi connectivity index (χ1n) is 8.34. The lowest BCUT2D eigenvalue weighted by molar-refractivity contribution is 0.102. The molecule has 2 aromatic carbocycles. The van der Waals surface area contributed by atoms with Gasteiger partial charge in [0, 0.05) is 30.2 Å². The van der Waals surface area contributed by atoms with Crippen molar-refractivity contribution in [3.8, 4) is 0 Å². The first kappa shape index (κ1) is 17.6. The molecule has 4 nitrogen and oxygen atoms in total. The Bertz CT molecular complexity index is 940. The normalized spacial score (nSPS) is 10.4. The zero-order valence-corrected chi connectivity index (χ0v) is 14.7. The fraction of sp³-hybridized carbons (Fsp3) is 0.143. The standard InChI is InChI=1S/C21H20FN3O/c1-14-7-8-15(2)20(9-14)25-21(26)17-10-18(13-23-11-17)24-12-16-5-3-4-6-19(16)22/h3-11,13,24H,12H2,1-2H3,(H,25,26). The number of carbonyl (C=O) groups excluding carboxylic acids is 1. The van der Waals surface area contributed by atoms with Crippen LogP contribution in [-0.4, -0.2) is 10.9 Å². The highest BCUT2D eigenvalue weighted by Gasteiger charge is 2.10. The molecule has 132 valence electrons. The molecule has 3 rings (SSSR count). The van der Waals surface area contributed by atoms with Crippen molar-refractivity contribution in [2.45, 2.75) is 20.4 Å². The van der Waals surface area contributed by atoms with Gasteiger partial charge in [-0.25, -0.2) is 4.39 Å². The van der Waals surface area contributed by atoms with E-state index in [0.717, 1.165) is 16.8 Å². The SMILES string of the molecule is Cc1ccc(C)c(NC(=O)c2cncc(NCc3ccccc3F)c2)c1. The number of rotatable bonds is 5. The predicted molar refractivity (Wildman–Crippen MR) is 102 cm³/mol. The molecule has 0 spiro atoms. The number of nitrogens with one attached hydrogen (secondary N) is 2. The average Bonchev–Trinajstić information content (AvgIpc) is 2.64. The van der Waals surface area contributed by atoms with Gasteiger partial charge in [-0.1, -0.05) is 30.3 Å². The third-order valence-corrected chi connectivity index (χ3v) is 4.08. The second kappa shape index (κ2) is 7.78. The van der Waals surface area contributed by atoms with Crippen LogP contribution >= 0.6 is 0 Å². The summed E-state index contributed by atoms with van der Waals surface area (Å²) in [5.41, 5.74) is 4.49. The highest BCUT2D eigenvalue weighted by Crippen LogP contribution is 2.18. The van der Waals surface area contributed by atoms with E-state index in [1.807, 2.05) is 32.0 Å². The lowest BCUT2D eigenvalue weighted by Gasteiger charge is -2.11. The van der Waals surface area contributed by atoms with Crippen molar-refractivity contribution in [2.24, 2.45) is 0 Å². The number of nitrogens with zero attached hydrogens (tertiary/aromatic N) is 1. The number of benzene rings is 2. The average molecular weight is 349 g/mol. The van der Waals surface area contributed by atoms with Crippen molar-refractivity contribution in [1.82, 2.24) is 4.98 Å². The maximum Gasteiger partial charge on any atom is 0.257 e. The van der Waals surface area contributed by atoms with Gasteiger partial charge in [-0.05, 0) is 43.2 Å². The highest BCUT2D eigenvalue weighted by atomic mass is 19.1. The first-order chi connectivity index (χ1) is 12.5. The molecule has 3 aromatic rings. The van der Waals surface area contributed by atoms with Crippen molar-refractivity contribution in [1.29, 1.82) is 0 Å². The van der Waals surface area contributed by atoms with Gasteiger partial charge in [-0.2, -0.15) is 0 Å². The molecule has 0 saturated carbocycles. The lowest BCUT2D eigenvalue weighted by atomic mass is 10.1. The summed E-state index contributed by atoms with van der Waals surface area (Å²) in [5.74, 6) is -0.502. The first-order valence-corrected chi connectivity index (χ1v) is 8.34. The third kappa shape index (κ3) is 4.25. The number of hydrogen-bond donors (Lipinski definition) is 2. The summed E-state index contributed by atoms with van der Waals surface area (Å²) in [6, 6.07) is 14.2. The smallest absolute Gasteiger partial charge is 0.257 e. The zero-order chi connectivity index (χ0) is 18.5. The molecule has 0 fully saturated rings. The van der Waals surface area contributed by atoms with Gasteiger partial charge in [0.2, 0.25) is 0 Å². The number of hydrogen-bond acceptors (Lipinski definition) is 3. The number of aromatic nitrogens is 1. The van der Waals surface area contributed by atoms with Gasteiger partial charge in [0.05, 0.1) is 11.3 Å². The molecule has 0 bridgehead atoms. The quantitative estimate of drug-likeness (QED) is 0.702. The van der Waals surface area contributed by atoms with Crippen LogP contribution in [-0.2, 0) is 6.54 Å². The molecule has 1 aromatic heterocycles. The molecule has 0 radical (unpaired) electrons. The van der Waals surface area contributed by atoms with Gasteiger partial charge >= 0.3 is 0 Å². The van der Waals surface area contributed by atoms with Crippen LogP contribution in [0, 0.1) is 19.7 Å². The van der Waals surface area contributed by atoms with Gasteiger partial charge < -0.3 is 10.6 Å². The molecule has 0 saturated heterocycles. The monoisotopic (exact) mass is 349 g/mol. The summed E-state index contributed by atoms with van der Waals surface area (Å²) in [7, 11) is 0. The fourth-order valence-corrected chi connectivity index (χ4v) is 2.56. The van der Waals surface area contributed by atoms with Crippen LogP contribution in [0.5, 0.6) is 0 Å². The molecule has 5 heteroatoms. The third-order valence-electron chi connectivity index (χ3n) is 4.08. The van der Waals surface area contributed by atoms with Crippen LogP contribution in [0.1, 0.15) is 27.0 Å². The van der Waals surface area contributed by atoms with Crippen LogP contribution < -0.4 is 10.6 Å². The van der Waals surface area contributed by atoms with Crippen molar-refractivity contribution in [2.75, 3.05) is 10.6 Å². The minimum atomic E-state index is -0.267. The minimum absolute atomic E-state index is 0.235. The molecule has 0 atom stereocenters. The van der Waals surface area contributed by atoms with Gasteiger partial charge in [0.25, 0.3) is 5.91 Å². The Morgan fingerprint density at radius 3 is 2.69 bits per heavy atom. The van der Waals surface area contributed by atoms with Crippen LogP contribution in [0.25, 0.3) is 0 Å². The summed E-state index contributed by atoms with van der Waals surface area (Å²) in [4.78, 5) is 16.6. The second-order valence-corrected chi connectivity index (χ2v) is 6.18. The largest absolute Gasteiger partial charge is 0.380 e. The van der Waals surface area contributed by atoms with Crippen molar-refractivity contribution >= 4 is 17.3 Å². The molecule has 2 N–H and O–H groups in total. The van der Waals surface area contributed by atoms with E-state index >= 15 is 0 Å². The Kier molecular flexibility index (Phi) is 5.27. The molecule has 1 heterocycles. The number of anilines is 2. The number of amides is 1. The summed E-state index contributed by atoms with van der Waals surface area (Å²) >= 11 is 0. The number of halogens is 1. The topological polar surface area (TPSA) is 54.0 Å². The van der Waals surface area contributed by atoms with Crippen LogP contribution in [0.2, 0.25) is 0 Å². The maximum absolute atomic E-state index is 13.7. The van der Waals surface area contributed by atoms with Crippen LogP contribution in [0.3, 0.4) is 0 Å². The number of pyridine rings is 1. The molecular formula is C21H20FN3O. The Morgan fingerprint density at radius 2 is 1.88 bits per heavy atom. The Labute approximate surface area is 152 Å². The Hall–Kier alpha value is -3.21. The van der Waals surface area contributed by atoms with E-state index in [1.165, 1.54) is 12.3 Å². The Morgan fingerprint density at radius 1 is 1.08 bits per heavy atom. The van der Waals surface area contributed by atoms with Crippen LogP contribution in [0.15, 0.2) is 60.9 Å². The van der Waals surface area contributed by atoms with E-state index in [4.69, 9.17) is 0 Å². The van der Waals surface area contributed by atoms with Gasteiger partial charge in [-0.15, -0.1) is 0 Å². The summed E-state index contributed by atoms with van der Waals surface area (Å²) in [6.07, 6.45) is 3.12. The maximum atomic E-state index is 13.7. The van der Waals surface area contributed by atoms with E-state index in [2.05, 4.69) is 15.6 Å². The molecule has 1 amide bonds. The van der Waals surface area contributed by atoms with E-state index in [-0.39, 0.29) is 11.7 Å². The van der Waals surface area contributed by atoms with Crippen molar-refractivity contribution in [3.05, 3.63) is 89.0 Å². The summed E-state index contributed by atoms with van der Waals surface area (Å²) in [6.45, 7) is 4.24. The van der Waals surface area contributed by atoms with Crippen LogP contribution in [0.4, 0.5) is 15.8 Å². The molecule has 0 aliphatic carbocycles. The van der Waals surface area contributed by atoms with Gasteiger partial charge in [0.1, 0.15) is 5.82 Å². The second-order valence-electron chi connectivity index (χ2n) is 6.18. The van der Waals surface area contributed by atoms with E-state index in [9.17, 15) is 9.18 Å². The Balaban J connectivity index is 1.71. The molecule has 0 unspecified atom stereocenters. The van der Waals surface area contributed by atoms with E-state index < -0.39 is 0 Å². The minimum Gasteiger partial charge on any atom is -0.380 e. The highest BCUT2D eigenvalue weighted by molar-refractivity contribution is 6.05. The molecule has 0 aliphatic rings. The molecule has 0 aliphatic heterocycles. The fourth-order valence-electron chi connectivity index (χ4n) is 2.56. The molecule has 26 heavy (non-hydrogen) atoms. The number of carbonyl (C=O) groups is 1. The van der Waals surface area contributed by atoms with E-state index in [1.54, 1.807) is 30.5 Å².